The van der Waals surface area contributed by atoms with Crippen LogP contribution in [0.3, 0.4) is 0 Å². The third kappa shape index (κ3) is 4.45. The minimum absolute atomic E-state index is 0.241. The first-order valence-corrected chi connectivity index (χ1v) is 8.13. The van der Waals surface area contributed by atoms with Crippen LogP contribution < -0.4 is 0 Å². The molecule has 2 fully saturated rings. The van der Waals surface area contributed by atoms with E-state index >= 15 is 0 Å². The smallest absolute Gasteiger partial charge is 0.222 e. The van der Waals surface area contributed by atoms with E-state index < -0.39 is 5.60 Å². The van der Waals surface area contributed by atoms with Crippen molar-refractivity contribution in [2.45, 2.75) is 57.0 Å². The van der Waals surface area contributed by atoms with Crippen LogP contribution in [0.15, 0.2) is 0 Å². The summed E-state index contributed by atoms with van der Waals surface area (Å²) in [5.41, 5.74) is -0.704. The maximum atomic E-state index is 12.3. The van der Waals surface area contributed by atoms with Crippen molar-refractivity contribution in [3.8, 4) is 0 Å². The number of nitrogens with zero attached hydrogens (tertiary/aromatic N) is 2. The van der Waals surface area contributed by atoms with Gasteiger partial charge in [0.25, 0.3) is 0 Å². The Bertz CT molecular complexity index is 326. The van der Waals surface area contributed by atoms with Crippen molar-refractivity contribution in [2.75, 3.05) is 33.7 Å². The quantitative estimate of drug-likeness (QED) is 0.837. The molecule has 1 N–H and O–H groups in total. The highest BCUT2D eigenvalue weighted by molar-refractivity contribution is 5.76. The van der Waals surface area contributed by atoms with E-state index in [0.717, 1.165) is 12.3 Å². The number of hydrogen-bond donors (Lipinski definition) is 1. The standard InChI is InChI=1S/C16H30N2O2/c1-17(2)12-16(20)10-11-18(13-16)15(19)9-8-14-6-4-3-5-7-14/h14,20H,3-13H2,1-2H3/t16-/m1/s1. The van der Waals surface area contributed by atoms with E-state index in [1.165, 1.54) is 32.1 Å². The van der Waals surface area contributed by atoms with Crippen molar-refractivity contribution in [1.82, 2.24) is 9.80 Å². The van der Waals surface area contributed by atoms with Crippen LogP contribution >= 0.6 is 0 Å². The Labute approximate surface area is 123 Å². The molecule has 2 aliphatic rings. The van der Waals surface area contributed by atoms with Crippen molar-refractivity contribution in [1.29, 1.82) is 0 Å². The first kappa shape index (κ1) is 15.8. The number of β-amino-alcohol motifs (C(OH)–C–C–N with tert-alkyl or cyclic N) is 1. The van der Waals surface area contributed by atoms with Crippen LogP contribution in [0.25, 0.3) is 0 Å². The highest BCUT2D eigenvalue weighted by atomic mass is 16.3. The van der Waals surface area contributed by atoms with Gasteiger partial charge in [-0.25, -0.2) is 0 Å². The van der Waals surface area contributed by atoms with E-state index in [4.69, 9.17) is 0 Å². The van der Waals surface area contributed by atoms with E-state index in [-0.39, 0.29) is 5.91 Å². The molecule has 4 heteroatoms. The molecule has 4 nitrogen and oxygen atoms in total. The normalized spacial score (nSPS) is 28.3. The maximum absolute atomic E-state index is 12.3. The highest BCUT2D eigenvalue weighted by Crippen LogP contribution is 2.28. The fraction of sp³-hybridized carbons (Fsp3) is 0.938. The predicted octanol–water partition coefficient (Wildman–Crippen LogP) is 1.87. The van der Waals surface area contributed by atoms with E-state index in [1.54, 1.807) is 0 Å². The minimum atomic E-state index is -0.704. The van der Waals surface area contributed by atoms with Gasteiger partial charge in [-0.15, -0.1) is 0 Å². The van der Waals surface area contributed by atoms with Crippen LogP contribution in [0, 0.1) is 5.92 Å². The Morgan fingerprint density at radius 1 is 1.30 bits per heavy atom. The molecule has 1 saturated carbocycles. The van der Waals surface area contributed by atoms with Crippen molar-refractivity contribution in [3.63, 3.8) is 0 Å². The van der Waals surface area contributed by atoms with Crippen LogP contribution in [-0.2, 0) is 4.79 Å². The third-order valence-electron chi connectivity index (χ3n) is 4.79. The molecule has 0 radical (unpaired) electrons. The number of rotatable bonds is 5. The number of carbonyl (C=O) groups is 1. The lowest BCUT2D eigenvalue weighted by Crippen LogP contribution is -2.43. The van der Waals surface area contributed by atoms with Gasteiger partial charge in [-0.05, 0) is 32.9 Å². The van der Waals surface area contributed by atoms with Crippen molar-refractivity contribution >= 4 is 5.91 Å². The molecule has 0 spiro atoms. The summed E-state index contributed by atoms with van der Waals surface area (Å²) < 4.78 is 0. The first-order valence-electron chi connectivity index (χ1n) is 8.13. The van der Waals surface area contributed by atoms with E-state index in [2.05, 4.69) is 0 Å². The van der Waals surface area contributed by atoms with Gasteiger partial charge in [0.1, 0.15) is 0 Å². The summed E-state index contributed by atoms with van der Waals surface area (Å²) in [5, 5.41) is 10.5. The fourth-order valence-corrected chi connectivity index (χ4v) is 3.75. The second-order valence-corrected chi connectivity index (χ2v) is 7.07. The summed E-state index contributed by atoms with van der Waals surface area (Å²) in [6, 6.07) is 0. The summed E-state index contributed by atoms with van der Waals surface area (Å²) >= 11 is 0. The first-order chi connectivity index (χ1) is 9.48. The molecule has 1 aliphatic carbocycles. The molecule has 1 heterocycles. The summed E-state index contributed by atoms with van der Waals surface area (Å²) in [6.07, 6.45) is 9.07. The highest BCUT2D eigenvalue weighted by Gasteiger charge is 2.38. The Balaban J connectivity index is 1.73. The number of aliphatic hydroxyl groups is 1. The largest absolute Gasteiger partial charge is 0.387 e. The summed E-state index contributed by atoms with van der Waals surface area (Å²) in [4.78, 5) is 16.1. The molecule has 1 saturated heterocycles. The fourth-order valence-electron chi connectivity index (χ4n) is 3.75. The van der Waals surface area contributed by atoms with Crippen LogP contribution in [0.1, 0.15) is 51.4 Å². The van der Waals surface area contributed by atoms with E-state index in [0.29, 0.717) is 32.5 Å². The average Bonchev–Trinajstić information content (AvgIpc) is 2.78. The molecular formula is C16H30N2O2. The van der Waals surface area contributed by atoms with Gasteiger partial charge in [0.05, 0.1) is 12.1 Å². The summed E-state index contributed by atoms with van der Waals surface area (Å²) in [6.45, 7) is 1.86. The average molecular weight is 282 g/mol. The molecule has 116 valence electrons. The number of carbonyl (C=O) groups excluding carboxylic acids is 1. The molecule has 0 unspecified atom stereocenters. The summed E-state index contributed by atoms with van der Waals surface area (Å²) in [5.74, 6) is 1.00. The lowest BCUT2D eigenvalue weighted by molar-refractivity contribution is -0.131. The van der Waals surface area contributed by atoms with Gasteiger partial charge >= 0.3 is 0 Å². The Hall–Kier alpha value is -0.610. The summed E-state index contributed by atoms with van der Waals surface area (Å²) in [7, 11) is 3.93. The van der Waals surface area contributed by atoms with Crippen LogP contribution in [0.2, 0.25) is 0 Å². The van der Waals surface area contributed by atoms with Gasteiger partial charge in [-0.3, -0.25) is 4.79 Å². The monoisotopic (exact) mass is 282 g/mol. The number of likely N-dealkylation sites (N-methyl/N-ethyl adjacent to an activating group) is 1. The lowest BCUT2D eigenvalue weighted by Gasteiger charge is -2.27. The lowest BCUT2D eigenvalue weighted by atomic mass is 9.86. The topological polar surface area (TPSA) is 43.8 Å². The van der Waals surface area contributed by atoms with Crippen molar-refractivity contribution in [3.05, 3.63) is 0 Å². The predicted molar refractivity (Wildman–Crippen MR) is 80.5 cm³/mol. The molecule has 2 rings (SSSR count). The molecule has 0 bridgehead atoms. The zero-order valence-corrected chi connectivity index (χ0v) is 13.1. The maximum Gasteiger partial charge on any atom is 0.222 e. The van der Waals surface area contributed by atoms with E-state index in [1.807, 2.05) is 23.9 Å². The molecule has 1 amide bonds. The molecule has 0 aromatic heterocycles. The second kappa shape index (κ2) is 6.90. The van der Waals surface area contributed by atoms with Crippen molar-refractivity contribution < 1.29 is 9.90 Å². The van der Waals surface area contributed by atoms with Gasteiger partial charge < -0.3 is 14.9 Å². The van der Waals surface area contributed by atoms with Crippen LogP contribution in [0.4, 0.5) is 0 Å². The number of hydrogen-bond acceptors (Lipinski definition) is 3. The molecule has 1 atom stereocenters. The SMILES string of the molecule is CN(C)C[C@]1(O)CCN(C(=O)CCC2CCCCC2)C1. The van der Waals surface area contributed by atoms with Gasteiger partial charge in [0.15, 0.2) is 0 Å². The molecule has 0 aromatic carbocycles. The van der Waals surface area contributed by atoms with Gasteiger partial charge in [0, 0.05) is 19.5 Å². The third-order valence-corrected chi connectivity index (χ3v) is 4.79. The van der Waals surface area contributed by atoms with Crippen LogP contribution in [-0.4, -0.2) is 60.1 Å². The molecular weight excluding hydrogens is 252 g/mol. The number of amides is 1. The zero-order chi connectivity index (χ0) is 14.6. The van der Waals surface area contributed by atoms with Gasteiger partial charge in [-0.1, -0.05) is 32.1 Å². The second-order valence-electron chi connectivity index (χ2n) is 7.07. The Kier molecular flexibility index (Phi) is 5.44. The molecule has 0 aromatic rings. The molecule has 20 heavy (non-hydrogen) atoms. The van der Waals surface area contributed by atoms with E-state index in [9.17, 15) is 9.90 Å². The number of likely N-dealkylation sites (tertiary alicyclic amines) is 1. The van der Waals surface area contributed by atoms with Crippen LogP contribution in [0.5, 0.6) is 0 Å². The van der Waals surface area contributed by atoms with Gasteiger partial charge in [0.2, 0.25) is 5.91 Å². The zero-order valence-electron chi connectivity index (χ0n) is 13.1. The Morgan fingerprint density at radius 2 is 2.00 bits per heavy atom. The molecule has 1 aliphatic heterocycles. The van der Waals surface area contributed by atoms with Crippen molar-refractivity contribution in [2.24, 2.45) is 5.92 Å². The van der Waals surface area contributed by atoms with Gasteiger partial charge in [-0.2, -0.15) is 0 Å². The minimum Gasteiger partial charge on any atom is -0.387 e. The Morgan fingerprint density at radius 3 is 2.65 bits per heavy atom.